The third-order valence-electron chi connectivity index (χ3n) is 1.95. The fourth-order valence-electron chi connectivity index (χ4n) is 1.14. The van der Waals surface area contributed by atoms with Crippen LogP contribution in [-0.2, 0) is 10.0 Å². The van der Waals surface area contributed by atoms with Gasteiger partial charge in [-0.3, -0.25) is 10.1 Å². The first-order valence-electron chi connectivity index (χ1n) is 4.78. The molecule has 18 heavy (non-hydrogen) atoms. The van der Waals surface area contributed by atoms with E-state index in [4.69, 9.17) is 9.88 Å². The maximum atomic E-state index is 10.8. The standard InChI is InChI=1S/C9H12N2O5S2/c1-16-8-4-7(11(12)13)5-9(6-8)17-2-3-18(10,14)15/h4-6H,2-3H2,1H3,(H2,10,14,15). The van der Waals surface area contributed by atoms with Gasteiger partial charge in [0.15, 0.2) is 0 Å². The summed E-state index contributed by atoms with van der Waals surface area (Å²) in [6.45, 7) is 0. The van der Waals surface area contributed by atoms with Crippen molar-refractivity contribution < 1.29 is 18.1 Å². The maximum Gasteiger partial charge on any atom is 0.274 e. The Morgan fingerprint density at radius 1 is 1.44 bits per heavy atom. The summed E-state index contributed by atoms with van der Waals surface area (Å²) < 4.78 is 26.4. The van der Waals surface area contributed by atoms with Gasteiger partial charge in [0.05, 0.1) is 23.9 Å². The molecular weight excluding hydrogens is 280 g/mol. The highest BCUT2D eigenvalue weighted by atomic mass is 32.2. The molecule has 1 rings (SSSR count). The van der Waals surface area contributed by atoms with E-state index in [2.05, 4.69) is 0 Å². The lowest BCUT2D eigenvalue weighted by molar-refractivity contribution is -0.385. The number of ether oxygens (including phenoxy) is 1. The van der Waals surface area contributed by atoms with Crippen molar-refractivity contribution in [2.75, 3.05) is 18.6 Å². The number of nitro benzene ring substituents is 1. The Balaban J connectivity index is 2.82. The molecule has 0 saturated heterocycles. The number of nitrogens with zero attached hydrogens (tertiary/aromatic N) is 1. The number of nitro groups is 1. The first-order chi connectivity index (χ1) is 8.31. The minimum Gasteiger partial charge on any atom is -0.496 e. The monoisotopic (exact) mass is 292 g/mol. The summed E-state index contributed by atoms with van der Waals surface area (Å²) in [4.78, 5) is 10.7. The lowest BCUT2D eigenvalue weighted by Crippen LogP contribution is -2.17. The fraction of sp³-hybridized carbons (Fsp3) is 0.333. The van der Waals surface area contributed by atoms with Crippen LogP contribution in [0.3, 0.4) is 0 Å². The van der Waals surface area contributed by atoms with Crippen LogP contribution in [0.1, 0.15) is 0 Å². The largest absolute Gasteiger partial charge is 0.496 e. The van der Waals surface area contributed by atoms with Crippen LogP contribution in [0.25, 0.3) is 0 Å². The van der Waals surface area contributed by atoms with Crippen molar-refractivity contribution in [3.63, 3.8) is 0 Å². The molecule has 1 aromatic carbocycles. The van der Waals surface area contributed by atoms with E-state index >= 15 is 0 Å². The van der Waals surface area contributed by atoms with Gasteiger partial charge in [0.1, 0.15) is 5.75 Å². The van der Waals surface area contributed by atoms with Gasteiger partial charge >= 0.3 is 0 Å². The molecule has 0 bridgehead atoms. The molecule has 0 unspecified atom stereocenters. The van der Waals surface area contributed by atoms with Gasteiger partial charge in [0.2, 0.25) is 10.0 Å². The number of rotatable bonds is 6. The predicted molar refractivity (Wildman–Crippen MR) is 68.3 cm³/mol. The smallest absolute Gasteiger partial charge is 0.274 e. The molecule has 0 atom stereocenters. The molecule has 1 aromatic rings. The quantitative estimate of drug-likeness (QED) is 0.475. The van der Waals surface area contributed by atoms with Crippen molar-refractivity contribution in [3.05, 3.63) is 28.3 Å². The first kappa shape index (κ1) is 14.7. The molecule has 0 fully saturated rings. The Morgan fingerprint density at radius 3 is 2.61 bits per heavy atom. The molecule has 0 heterocycles. The van der Waals surface area contributed by atoms with Crippen LogP contribution in [0.4, 0.5) is 5.69 Å². The molecule has 2 N–H and O–H groups in total. The second-order valence-corrected chi connectivity index (χ2v) is 6.24. The second kappa shape index (κ2) is 6.03. The topological polar surface area (TPSA) is 113 Å². The summed E-state index contributed by atoms with van der Waals surface area (Å²) >= 11 is 1.16. The summed E-state index contributed by atoms with van der Waals surface area (Å²) in [6.07, 6.45) is 0. The molecule has 100 valence electrons. The van der Waals surface area contributed by atoms with Gasteiger partial charge in [-0.1, -0.05) is 0 Å². The number of hydrogen-bond donors (Lipinski definition) is 1. The van der Waals surface area contributed by atoms with Crippen molar-refractivity contribution in [2.24, 2.45) is 5.14 Å². The molecule has 0 aliphatic carbocycles. The Morgan fingerprint density at radius 2 is 2.11 bits per heavy atom. The normalized spacial score (nSPS) is 11.2. The minimum atomic E-state index is -3.52. The SMILES string of the molecule is COc1cc(SCCS(N)(=O)=O)cc([N+](=O)[O-])c1. The molecule has 0 aromatic heterocycles. The van der Waals surface area contributed by atoms with E-state index in [-0.39, 0.29) is 17.2 Å². The predicted octanol–water partition coefficient (Wildman–Crippen LogP) is 0.984. The van der Waals surface area contributed by atoms with E-state index in [1.54, 1.807) is 6.07 Å². The van der Waals surface area contributed by atoms with Crippen molar-refractivity contribution in [2.45, 2.75) is 4.90 Å². The third-order valence-corrected chi connectivity index (χ3v) is 3.96. The third kappa shape index (κ3) is 4.90. The van der Waals surface area contributed by atoms with Gasteiger partial charge in [-0.25, -0.2) is 13.6 Å². The fourth-order valence-corrected chi connectivity index (χ4v) is 3.04. The minimum absolute atomic E-state index is 0.104. The molecular formula is C9H12N2O5S2. The van der Waals surface area contributed by atoms with Crippen LogP contribution < -0.4 is 9.88 Å². The van der Waals surface area contributed by atoms with Crippen molar-refractivity contribution in [1.29, 1.82) is 0 Å². The zero-order valence-corrected chi connectivity index (χ0v) is 11.2. The van der Waals surface area contributed by atoms with Gasteiger partial charge in [-0.05, 0) is 6.07 Å². The van der Waals surface area contributed by atoms with E-state index in [1.165, 1.54) is 19.2 Å². The van der Waals surface area contributed by atoms with Crippen LogP contribution >= 0.6 is 11.8 Å². The molecule has 0 amide bonds. The number of thioether (sulfide) groups is 1. The number of benzene rings is 1. The average Bonchev–Trinajstić information content (AvgIpc) is 2.26. The molecule has 0 aliphatic heterocycles. The number of methoxy groups -OCH3 is 1. The summed E-state index contributed by atoms with van der Waals surface area (Å²) in [5.41, 5.74) is -0.104. The van der Waals surface area contributed by atoms with Gasteiger partial charge in [-0.15, -0.1) is 11.8 Å². The highest BCUT2D eigenvalue weighted by molar-refractivity contribution is 8.00. The summed E-state index contributed by atoms with van der Waals surface area (Å²) in [6, 6.07) is 4.25. The molecule has 0 spiro atoms. The first-order valence-corrected chi connectivity index (χ1v) is 7.48. The molecule has 9 heteroatoms. The van der Waals surface area contributed by atoms with Crippen molar-refractivity contribution in [3.8, 4) is 5.75 Å². The van der Waals surface area contributed by atoms with Gasteiger partial charge in [-0.2, -0.15) is 0 Å². The van der Waals surface area contributed by atoms with E-state index in [0.717, 1.165) is 11.8 Å². The second-order valence-electron chi connectivity index (χ2n) is 3.34. The van der Waals surface area contributed by atoms with Crippen LogP contribution in [-0.4, -0.2) is 32.0 Å². The Labute approximate surface area is 109 Å². The van der Waals surface area contributed by atoms with E-state index in [9.17, 15) is 18.5 Å². The number of primary sulfonamides is 1. The zero-order chi connectivity index (χ0) is 13.8. The summed E-state index contributed by atoms with van der Waals surface area (Å²) in [5, 5.41) is 15.5. The van der Waals surface area contributed by atoms with Crippen molar-refractivity contribution >= 4 is 27.5 Å². The average molecular weight is 292 g/mol. The van der Waals surface area contributed by atoms with E-state index < -0.39 is 14.9 Å². The zero-order valence-electron chi connectivity index (χ0n) is 9.53. The Kier molecular flexibility index (Phi) is 4.93. The molecule has 0 saturated carbocycles. The van der Waals surface area contributed by atoms with Crippen LogP contribution in [0.15, 0.2) is 23.1 Å². The van der Waals surface area contributed by atoms with Crippen LogP contribution in [0.5, 0.6) is 5.75 Å². The van der Waals surface area contributed by atoms with E-state index in [0.29, 0.717) is 10.6 Å². The number of nitrogens with two attached hydrogens (primary N) is 1. The molecule has 7 nitrogen and oxygen atoms in total. The lowest BCUT2D eigenvalue weighted by atomic mass is 10.3. The molecule has 0 aliphatic rings. The lowest BCUT2D eigenvalue weighted by Gasteiger charge is -2.04. The van der Waals surface area contributed by atoms with E-state index in [1.807, 2.05) is 0 Å². The maximum absolute atomic E-state index is 10.8. The van der Waals surface area contributed by atoms with Gasteiger partial charge in [0, 0.05) is 16.7 Å². The van der Waals surface area contributed by atoms with Crippen molar-refractivity contribution in [1.82, 2.24) is 0 Å². The number of sulfonamides is 1. The highest BCUT2D eigenvalue weighted by Gasteiger charge is 2.11. The number of non-ortho nitro benzene ring substituents is 1. The Hall–Kier alpha value is -1.32. The summed E-state index contributed by atoms with van der Waals surface area (Å²) in [5.74, 6) is 0.383. The highest BCUT2D eigenvalue weighted by Crippen LogP contribution is 2.28. The Bertz CT molecular complexity index is 544. The van der Waals surface area contributed by atoms with Crippen LogP contribution in [0, 0.1) is 10.1 Å². The molecule has 0 radical (unpaired) electrons. The van der Waals surface area contributed by atoms with Gasteiger partial charge in [0.25, 0.3) is 5.69 Å². The van der Waals surface area contributed by atoms with Gasteiger partial charge < -0.3 is 4.74 Å². The summed E-state index contributed by atoms with van der Waals surface area (Å²) in [7, 11) is -2.12. The van der Waals surface area contributed by atoms with Crippen LogP contribution in [0.2, 0.25) is 0 Å². The number of hydrogen-bond acceptors (Lipinski definition) is 6.